The van der Waals surface area contributed by atoms with E-state index in [1.807, 2.05) is 35.9 Å². The maximum Gasteiger partial charge on any atom is 0.312 e. The number of methoxy groups -OCH3 is 2. The minimum atomic E-state index is -0.437. The van der Waals surface area contributed by atoms with E-state index in [0.29, 0.717) is 27.8 Å². The summed E-state index contributed by atoms with van der Waals surface area (Å²) in [6.45, 7) is 1.78. The Balaban J connectivity index is 1.41. The quantitative estimate of drug-likeness (QED) is 0.392. The van der Waals surface area contributed by atoms with Crippen molar-refractivity contribution in [1.82, 2.24) is 14.4 Å². The van der Waals surface area contributed by atoms with Gasteiger partial charge in [0.05, 0.1) is 32.0 Å². The number of fused-ring (bicyclic) bond motifs is 1. The maximum absolute atomic E-state index is 12.3. The first-order valence-electron chi connectivity index (χ1n) is 9.27. The van der Waals surface area contributed by atoms with E-state index >= 15 is 0 Å². The first-order valence-corrected chi connectivity index (χ1v) is 11.0. The topological polar surface area (TPSA) is 92.0 Å². The van der Waals surface area contributed by atoms with Crippen LogP contribution in [0.5, 0.6) is 11.5 Å². The molecular weight excluding hydrogens is 438 g/mol. The van der Waals surface area contributed by atoms with Crippen LogP contribution in [0.25, 0.3) is 15.5 Å². The highest BCUT2D eigenvalue weighted by Gasteiger charge is 2.14. The summed E-state index contributed by atoms with van der Waals surface area (Å²) in [7, 11) is 3.15. The molecule has 1 aromatic carbocycles. The second kappa shape index (κ2) is 8.86. The highest BCUT2D eigenvalue weighted by Crippen LogP contribution is 2.33. The number of carbonyl (C=O) groups excluding carboxylic acids is 1. The zero-order chi connectivity index (χ0) is 22.0. The third-order valence-corrected chi connectivity index (χ3v) is 6.40. The van der Waals surface area contributed by atoms with Crippen LogP contribution in [0.3, 0.4) is 0 Å². The molecule has 0 amide bonds. The molecule has 8 nitrogen and oxygen atoms in total. The summed E-state index contributed by atoms with van der Waals surface area (Å²) >= 11 is 2.80. The third kappa shape index (κ3) is 4.44. The number of benzene rings is 1. The molecule has 0 unspecified atom stereocenters. The Morgan fingerprint density at radius 2 is 1.84 bits per heavy atom. The number of rotatable bonds is 7. The average molecular weight is 458 g/mol. The van der Waals surface area contributed by atoms with Crippen LogP contribution < -0.4 is 15.0 Å². The number of hydrogen-bond acceptors (Lipinski definition) is 9. The Morgan fingerprint density at radius 1 is 1.03 bits per heavy atom. The summed E-state index contributed by atoms with van der Waals surface area (Å²) in [6, 6.07) is 6.92. The molecule has 4 rings (SSSR count). The van der Waals surface area contributed by atoms with Crippen molar-refractivity contribution in [2.75, 3.05) is 14.2 Å². The molecule has 0 radical (unpaired) electrons. The lowest BCUT2D eigenvalue weighted by Crippen LogP contribution is -2.16. The standard InChI is InChI=1S/C21H19N3O5S2/c1-12-10-31-21-23-14(7-18(25)24(12)21)9-29-19(26)8-15-11-30-20(22-15)13-4-5-16(27-2)17(6-13)28-3/h4-7,10-11H,8-9H2,1-3H3. The van der Waals surface area contributed by atoms with Gasteiger partial charge in [-0.3, -0.25) is 14.0 Å². The van der Waals surface area contributed by atoms with Gasteiger partial charge in [-0.25, -0.2) is 9.97 Å². The molecule has 0 aliphatic heterocycles. The summed E-state index contributed by atoms with van der Waals surface area (Å²) in [4.78, 5) is 33.9. The molecule has 0 aliphatic carbocycles. The highest BCUT2D eigenvalue weighted by molar-refractivity contribution is 7.15. The number of aromatic nitrogens is 3. The van der Waals surface area contributed by atoms with Gasteiger partial charge in [-0.05, 0) is 25.1 Å². The van der Waals surface area contributed by atoms with Crippen LogP contribution in [0.2, 0.25) is 0 Å². The Hall–Kier alpha value is -3.24. The van der Waals surface area contributed by atoms with Crippen LogP contribution in [-0.2, 0) is 22.6 Å². The number of esters is 1. The van der Waals surface area contributed by atoms with Gasteiger partial charge in [0, 0.05) is 28.1 Å². The molecule has 3 heterocycles. The van der Waals surface area contributed by atoms with Crippen LogP contribution in [0, 0.1) is 6.92 Å². The summed E-state index contributed by atoms with van der Waals surface area (Å²) in [5, 5.41) is 4.44. The number of aryl methyl sites for hydroxylation is 1. The van der Waals surface area contributed by atoms with Crippen LogP contribution in [0.4, 0.5) is 0 Å². The average Bonchev–Trinajstić information content (AvgIpc) is 3.38. The lowest BCUT2D eigenvalue weighted by Gasteiger charge is -2.08. The Morgan fingerprint density at radius 3 is 2.61 bits per heavy atom. The second-order valence-electron chi connectivity index (χ2n) is 6.63. The lowest BCUT2D eigenvalue weighted by atomic mass is 10.2. The first kappa shape index (κ1) is 21.0. The molecular formula is C21H19N3O5S2. The zero-order valence-corrected chi connectivity index (χ0v) is 18.7. The number of carbonyl (C=O) groups is 1. The van der Waals surface area contributed by atoms with Gasteiger partial charge < -0.3 is 14.2 Å². The third-order valence-electron chi connectivity index (χ3n) is 4.52. The molecule has 4 aromatic rings. The van der Waals surface area contributed by atoms with Crippen molar-refractivity contribution in [3.63, 3.8) is 0 Å². The summed E-state index contributed by atoms with van der Waals surface area (Å²) in [6.07, 6.45) is 0.0309. The largest absolute Gasteiger partial charge is 0.493 e. The van der Waals surface area contributed by atoms with Crippen LogP contribution in [0.15, 0.2) is 39.8 Å². The molecule has 0 N–H and O–H groups in total. The van der Waals surface area contributed by atoms with E-state index in [1.165, 1.54) is 33.1 Å². The van der Waals surface area contributed by atoms with Gasteiger partial charge in [-0.15, -0.1) is 22.7 Å². The van der Waals surface area contributed by atoms with E-state index in [1.54, 1.807) is 14.2 Å². The van der Waals surface area contributed by atoms with Gasteiger partial charge in [0.1, 0.15) is 11.6 Å². The van der Waals surface area contributed by atoms with Gasteiger partial charge in [0.15, 0.2) is 16.5 Å². The van der Waals surface area contributed by atoms with Gasteiger partial charge in [-0.1, -0.05) is 0 Å². The predicted molar refractivity (Wildman–Crippen MR) is 118 cm³/mol. The van der Waals surface area contributed by atoms with Gasteiger partial charge in [-0.2, -0.15) is 0 Å². The molecule has 3 aromatic heterocycles. The monoisotopic (exact) mass is 457 g/mol. The van der Waals surface area contributed by atoms with Gasteiger partial charge >= 0.3 is 5.97 Å². The van der Waals surface area contributed by atoms with Crippen LogP contribution in [-0.4, -0.2) is 34.6 Å². The molecule has 0 bridgehead atoms. The van der Waals surface area contributed by atoms with Crippen LogP contribution in [0.1, 0.15) is 17.1 Å². The Bertz CT molecular complexity index is 1310. The molecule has 0 saturated carbocycles. The zero-order valence-electron chi connectivity index (χ0n) is 17.1. The Labute approximate surface area is 185 Å². The normalized spacial score (nSPS) is 10.9. The fraction of sp³-hybridized carbons (Fsp3) is 0.238. The van der Waals surface area contributed by atoms with Crippen molar-refractivity contribution in [1.29, 1.82) is 0 Å². The maximum atomic E-state index is 12.3. The fourth-order valence-corrected chi connectivity index (χ4v) is 4.73. The molecule has 31 heavy (non-hydrogen) atoms. The molecule has 0 fully saturated rings. The van der Waals surface area contributed by atoms with E-state index in [-0.39, 0.29) is 18.6 Å². The number of nitrogens with zero attached hydrogens (tertiary/aromatic N) is 3. The van der Waals surface area contributed by atoms with Crippen molar-refractivity contribution < 1.29 is 19.0 Å². The minimum Gasteiger partial charge on any atom is -0.493 e. The lowest BCUT2D eigenvalue weighted by molar-refractivity contribution is -0.144. The molecule has 160 valence electrons. The van der Waals surface area contributed by atoms with Crippen molar-refractivity contribution in [2.24, 2.45) is 0 Å². The predicted octanol–water partition coefficient (Wildman–Crippen LogP) is 3.49. The first-order chi connectivity index (χ1) is 15.0. The number of hydrogen-bond donors (Lipinski definition) is 0. The van der Waals surface area contributed by atoms with E-state index in [4.69, 9.17) is 14.2 Å². The molecule has 10 heteroatoms. The summed E-state index contributed by atoms with van der Waals surface area (Å²) < 4.78 is 17.4. The smallest absolute Gasteiger partial charge is 0.312 e. The van der Waals surface area contributed by atoms with E-state index in [2.05, 4.69) is 9.97 Å². The highest BCUT2D eigenvalue weighted by atomic mass is 32.1. The van der Waals surface area contributed by atoms with Crippen molar-refractivity contribution in [3.8, 4) is 22.1 Å². The molecule has 0 aliphatic rings. The van der Waals surface area contributed by atoms with E-state index in [0.717, 1.165) is 16.3 Å². The fourth-order valence-electron chi connectivity index (χ4n) is 3.02. The summed E-state index contributed by atoms with van der Waals surface area (Å²) in [5.41, 5.74) is 2.54. The molecule has 0 atom stereocenters. The SMILES string of the molecule is COc1ccc(-c2nc(CC(=O)OCc3cc(=O)n4c(C)csc4n3)cs2)cc1OC. The van der Waals surface area contributed by atoms with E-state index in [9.17, 15) is 9.59 Å². The van der Waals surface area contributed by atoms with Crippen molar-refractivity contribution in [3.05, 3.63) is 62.5 Å². The summed E-state index contributed by atoms with van der Waals surface area (Å²) in [5.74, 6) is 0.807. The Kier molecular flexibility index (Phi) is 6.01. The second-order valence-corrected chi connectivity index (χ2v) is 8.33. The van der Waals surface area contributed by atoms with Gasteiger partial charge in [0.25, 0.3) is 5.56 Å². The number of thiazole rings is 2. The number of ether oxygens (including phenoxy) is 3. The van der Waals surface area contributed by atoms with Crippen LogP contribution >= 0.6 is 22.7 Å². The van der Waals surface area contributed by atoms with E-state index < -0.39 is 5.97 Å². The molecule has 0 spiro atoms. The minimum absolute atomic E-state index is 0.0309. The molecule has 0 saturated heterocycles. The van der Waals surface area contributed by atoms with Crippen molar-refractivity contribution in [2.45, 2.75) is 20.0 Å². The van der Waals surface area contributed by atoms with Crippen molar-refractivity contribution >= 4 is 33.6 Å². The van der Waals surface area contributed by atoms with Gasteiger partial charge in [0.2, 0.25) is 0 Å².